The van der Waals surface area contributed by atoms with Crippen LogP contribution in [-0.2, 0) is 0 Å². The average molecular weight is 309 g/mol. The van der Waals surface area contributed by atoms with Gasteiger partial charge in [0, 0.05) is 12.1 Å². The maximum absolute atomic E-state index is 12.8. The second-order valence-corrected chi connectivity index (χ2v) is 3.47. The molecular weight excluding hydrogens is 306 g/mol. The summed E-state index contributed by atoms with van der Waals surface area (Å²) in [7, 11) is 0. The van der Waals surface area contributed by atoms with Gasteiger partial charge in [-0.25, -0.2) is 8.78 Å². The first-order valence-corrected chi connectivity index (χ1v) is 4.53. The molecule has 0 spiro atoms. The fourth-order valence-electron chi connectivity index (χ4n) is 0.787. The summed E-state index contributed by atoms with van der Waals surface area (Å²) >= 11 is 2.50. The lowest BCUT2D eigenvalue weighted by molar-refractivity contribution is -0.236. The van der Waals surface area contributed by atoms with Gasteiger partial charge in [-0.1, -0.05) is 0 Å². The van der Waals surface area contributed by atoms with E-state index in [1.165, 1.54) is 0 Å². The molecule has 90 valence electrons. The predicted molar refractivity (Wildman–Crippen MR) is 45.6 cm³/mol. The van der Waals surface area contributed by atoms with E-state index < -0.39 is 34.4 Å². The van der Waals surface area contributed by atoms with Gasteiger partial charge in [-0.3, -0.25) is 0 Å². The molecule has 0 aromatic heterocycles. The molecule has 0 N–H and O–H groups in total. The van der Waals surface area contributed by atoms with E-state index in [-0.39, 0.29) is 0 Å². The van der Waals surface area contributed by atoms with Gasteiger partial charge in [-0.05, 0) is 15.9 Å². The fraction of sp³-hybridized carbons (Fsp3) is 0.250. The van der Waals surface area contributed by atoms with Crippen LogP contribution in [0.5, 0.6) is 5.75 Å². The fourth-order valence-corrected chi connectivity index (χ4v) is 1.02. The summed E-state index contributed by atoms with van der Waals surface area (Å²) in [5.41, 5.74) is 0. The summed E-state index contributed by atoms with van der Waals surface area (Å²) in [6.45, 7) is 0. The van der Waals surface area contributed by atoms with Crippen molar-refractivity contribution in [2.45, 2.75) is 12.5 Å². The number of rotatable bonds is 2. The van der Waals surface area contributed by atoms with Crippen LogP contribution in [-0.4, -0.2) is 12.5 Å². The van der Waals surface area contributed by atoms with E-state index in [0.29, 0.717) is 12.1 Å². The van der Waals surface area contributed by atoms with Gasteiger partial charge in [0.1, 0.15) is 17.4 Å². The van der Waals surface area contributed by atoms with Gasteiger partial charge < -0.3 is 4.74 Å². The van der Waals surface area contributed by atoms with E-state index in [9.17, 15) is 26.3 Å². The minimum atomic E-state index is -5.25. The highest BCUT2D eigenvalue weighted by Crippen LogP contribution is 2.29. The molecule has 1 aromatic carbocycles. The van der Waals surface area contributed by atoms with Crippen LogP contribution in [0.15, 0.2) is 16.6 Å². The Bertz CT molecular complexity index is 368. The van der Waals surface area contributed by atoms with Gasteiger partial charge in [0.05, 0.1) is 4.47 Å². The molecule has 0 amide bonds. The molecule has 0 fully saturated rings. The van der Waals surface area contributed by atoms with Crippen molar-refractivity contribution in [1.82, 2.24) is 0 Å². The van der Waals surface area contributed by atoms with Gasteiger partial charge in [0.25, 0.3) is 0 Å². The monoisotopic (exact) mass is 308 g/mol. The van der Waals surface area contributed by atoms with Crippen molar-refractivity contribution < 1.29 is 31.1 Å². The number of benzene rings is 1. The van der Waals surface area contributed by atoms with Crippen LogP contribution in [0.25, 0.3) is 0 Å². The molecular formula is C8H3BrF6O. The third kappa shape index (κ3) is 3.03. The van der Waals surface area contributed by atoms with Gasteiger partial charge in [-0.2, -0.15) is 17.6 Å². The quantitative estimate of drug-likeness (QED) is 0.593. The second kappa shape index (κ2) is 4.52. The Balaban J connectivity index is 2.91. The summed E-state index contributed by atoms with van der Waals surface area (Å²) in [4.78, 5) is 0. The van der Waals surface area contributed by atoms with Crippen LogP contribution in [0.1, 0.15) is 0 Å². The lowest BCUT2D eigenvalue weighted by atomic mass is 10.3. The summed E-state index contributed by atoms with van der Waals surface area (Å²) < 4.78 is 76.3. The van der Waals surface area contributed by atoms with Crippen molar-refractivity contribution in [1.29, 1.82) is 0 Å². The lowest BCUT2D eigenvalue weighted by Gasteiger charge is -2.14. The molecule has 8 heteroatoms. The van der Waals surface area contributed by atoms with Crippen LogP contribution in [0.4, 0.5) is 26.3 Å². The van der Waals surface area contributed by atoms with Crippen molar-refractivity contribution >= 4 is 15.9 Å². The van der Waals surface area contributed by atoms with E-state index in [1.807, 2.05) is 0 Å². The SMILES string of the molecule is Fc1cc(OC(F)C(F)(F)F)cc(F)c1Br. The van der Waals surface area contributed by atoms with Crippen molar-refractivity contribution in [3.8, 4) is 5.75 Å². The van der Waals surface area contributed by atoms with E-state index in [1.54, 1.807) is 0 Å². The zero-order chi connectivity index (χ0) is 12.5. The van der Waals surface area contributed by atoms with Crippen LogP contribution < -0.4 is 4.74 Å². The molecule has 1 atom stereocenters. The van der Waals surface area contributed by atoms with Gasteiger partial charge in [0.2, 0.25) is 0 Å². The Hall–Kier alpha value is -0.920. The molecule has 0 aliphatic carbocycles. The molecule has 0 radical (unpaired) electrons. The summed E-state index contributed by atoms with van der Waals surface area (Å²) in [6, 6.07) is 0.872. The average Bonchev–Trinajstić information content (AvgIpc) is 2.12. The Morgan fingerprint density at radius 1 is 1.12 bits per heavy atom. The maximum Gasteiger partial charge on any atom is 0.457 e. The van der Waals surface area contributed by atoms with E-state index >= 15 is 0 Å². The molecule has 1 rings (SSSR count). The topological polar surface area (TPSA) is 9.23 Å². The molecule has 0 aliphatic rings. The zero-order valence-electron chi connectivity index (χ0n) is 7.29. The number of hydrogen-bond acceptors (Lipinski definition) is 1. The number of halogens is 7. The Kier molecular flexibility index (Phi) is 3.72. The molecule has 1 unspecified atom stereocenters. The zero-order valence-corrected chi connectivity index (χ0v) is 8.87. The van der Waals surface area contributed by atoms with Crippen LogP contribution in [0, 0.1) is 11.6 Å². The first-order valence-electron chi connectivity index (χ1n) is 3.74. The lowest BCUT2D eigenvalue weighted by Crippen LogP contribution is -2.29. The Morgan fingerprint density at radius 3 is 1.94 bits per heavy atom. The van der Waals surface area contributed by atoms with Gasteiger partial charge in [0.15, 0.2) is 0 Å². The van der Waals surface area contributed by atoms with Gasteiger partial charge in [-0.15, -0.1) is 0 Å². The third-order valence-corrected chi connectivity index (χ3v) is 2.21. The molecule has 0 bridgehead atoms. The van der Waals surface area contributed by atoms with Crippen molar-refractivity contribution in [3.63, 3.8) is 0 Å². The van der Waals surface area contributed by atoms with Gasteiger partial charge >= 0.3 is 12.5 Å². The number of ether oxygens (including phenoxy) is 1. The normalized spacial score (nSPS) is 13.7. The largest absolute Gasteiger partial charge is 0.457 e. The van der Waals surface area contributed by atoms with Crippen LogP contribution in [0.2, 0.25) is 0 Å². The van der Waals surface area contributed by atoms with E-state index in [4.69, 9.17) is 0 Å². The Labute approximate surface area is 94.1 Å². The van der Waals surface area contributed by atoms with Crippen molar-refractivity contribution in [3.05, 3.63) is 28.2 Å². The second-order valence-electron chi connectivity index (χ2n) is 2.68. The highest BCUT2D eigenvalue weighted by atomic mass is 79.9. The highest BCUT2D eigenvalue weighted by molar-refractivity contribution is 9.10. The number of alkyl halides is 4. The molecule has 1 nitrogen and oxygen atoms in total. The maximum atomic E-state index is 12.8. The predicted octanol–water partition coefficient (Wildman–Crippen LogP) is 3.96. The highest BCUT2D eigenvalue weighted by Gasteiger charge is 2.42. The molecule has 16 heavy (non-hydrogen) atoms. The molecule has 0 aliphatic heterocycles. The Morgan fingerprint density at radius 2 is 1.56 bits per heavy atom. The van der Waals surface area contributed by atoms with Crippen LogP contribution >= 0.6 is 15.9 Å². The summed E-state index contributed by atoms with van der Waals surface area (Å²) in [5, 5.41) is 0. The first kappa shape index (κ1) is 13.1. The molecule has 1 aromatic rings. The minimum absolute atomic E-state index is 0.436. The third-order valence-electron chi connectivity index (χ3n) is 1.45. The minimum Gasteiger partial charge on any atom is -0.452 e. The van der Waals surface area contributed by atoms with Crippen LogP contribution in [0.3, 0.4) is 0 Å². The smallest absolute Gasteiger partial charge is 0.452 e. The first-order chi connectivity index (χ1) is 7.21. The molecule has 0 saturated carbocycles. The number of hydrogen-bond donors (Lipinski definition) is 0. The van der Waals surface area contributed by atoms with E-state index in [0.717, 1.165) is 0 Å². The van der Waals surface area contributed by atoms with Crippen molar-refractivity contribution in [2.24, 2.45) is 0 Å². The standard InChI is InChI=1S/C8H3BrF6O/c9-6-4(10)1-3(2-5(6)11)16-7(12)8(13,14)15/h1-2,7H. The molecule has 0 saturated heterocycles. The molecule has 0 heterocycles. The van der Waals surface area contributed by atoms with Crippen molar-refractivity contribution in [2.75, 3.05) is 0 Å². The van der Waals surface area contributed by atoms with E-state index in [2.05, 4.69) is 20.7 Å². The summed E-state index contributed by atoms with van der Waals surface area (Å²) in [5.74, 6) is -3.27. The summed E-state index contributed by atoms with van der Waals surface area (Å²) in [6.07, 6.45) is -8.88.